The molecule has 4 aliphatic carbocycles. The topological polar surface area (TPSA) is 62.6 Å². The van der Waals surface area contributed by atoms with E-state index < -0.39 is 6.04 Å². The van der Waals surface area contributed by atoms with Crippen LogP contribution in [0, 0.1) is 29.1 Å². The number of quaternary nitrogens is 1. The van der Waals surface area contributed by atoms with Gasteiger partial charge < -0.3 is 15.5 Å². The molecule has 0 unspecified atom stereocenters. The van der Waals surface area contributed by atoms with E-state index in [-0.39, 0.29) is 23.1 Å². The van der Waals surface area contributed by atoms with Crippen LogP contribution in [-0.4, -0.2) is 32.0 Å². The summed E-state index contributed by atoms with van der Waals surface area (Å²) in [6, 6.07) is 7.94. The van der Waals surface area contributed by atoms with E-state index in [1.807, 2.05) is 13.8 Å². The smallest absolute Gasteiger partial charge is 0.243 e. The number of amides is 2. The standard InChI is InChI=1S/C26H39N3O2/c1-17(2)23(24(30)27-15-18-5-7-19(8-6-18)16-29(3)4)28-25(31)26-12-20-9-21(13-26)11-22(10-20)14-26/h5-8,17,20-23H,9-16H2,1-4H3,(H,27,30)(H,28,31)/p+1/t20?,21?,22?,23-,26?/m1/s1. The molecule has 5 nitrogen and oxygen atoms in total. The summed E-state index contributed by atoms with van der Waals surface area (Å²) in [4.78, 5) is 27.8. The van der Waals surface area contributed by atoms with Gasteiger partial charge in [-0.25, -0.2) is 0 Å². The molecule has 170 valence electrons. The SMILES string of the molecule is CC(C)[C@@H](NC(=O)C12CC3CC(CC(C3)C1)C2)C(=O)NCc1ccc(C[NH+](C)C)cc1. The lowest BCUT2D eigenvalue weighted by Gasteiger charge is -2.55. The fourth-order valence-electron chi connectivity index (χ4n) is 6.70. The Morgan fingerprint density at radius 1 is 0.968 bits per heavy atom. The maximum Gasteiger partial charge on any atom is 0.243 e. The third-order valence-electron chi connectivity index (χ3n) is 7.80. The van der Waals surface area contributed by atoms with Crippen LogP contribution in [0.25, 0.3) is 0 Å². The van der Waals surface area contributed by atoms with Gasteiger partial charge in [0.15, 0.2) is 0 Å². The Morgan fingerprint density at radius 3 is 1.97 bits per heavy atom. The highest BCUT2D eigenvalue weighted by atomic mass is 16.2. The monoisotopic (exact) mass is 426 g/mol. The molecule has 3 N–H and O–H groups in total. The van der Waals surface area contributed by atoms with E-state index in [9.17, 15) is 9.59 Å². The van der Waals surface area contributed by atoms with Gasteiger partial charge in [-0.1, -0.05) is 38.1 Å². The van der Waals surface area contributed by atoms with Crippen molar-refractivity contribution in [2.75, 3.05) is 14.1 Å². The minimum Gasteiger partial charge on any atom is -0.350 e. The van der Waals surface area contributed by atoms with Crippen LogP contribution in [0.1, 0.15) is 63.5 Å². The Kier molecular flexibility index (Phi) is 6.43. The highest BCUT2D eigenvalue weighted by Gasteiger charge is 2.55. The quantitative estimate of drug-likeness (QED) is 0.597. The van der Waals surface area contributed by atoms with Crippen molar-refractivity contribution >= 4 is 11.8 Å². The average Bonchev–Trinajstić information content (AvgIpc) is 2.69. The number of nitrogens with one attached hydrogen (secondary N) is 3. The maximum absolute atomic E-state index is 13.4. The lowest BCUT2D eigenvalue weighted by atomic mass is 9.49. The van der Waals surface area contributed by atoms with Gasteiger partial charge in [0.2, 0.25) is 11.8 Å². The molecule has 1 aromatic rings. The van der Waals surface area contributed by atoms with Crippen molar-refractivity contribution in [3.63, 3.8) is 0 Å². The fourth-order valence-corrected chi connectivity index (χ4v) is 6.70. The van der Waals surface area contributed by atoms with Crippen LogP contribution in [0.4, 0.5) is 0 Å². The van der Waals surface area contributed by atoms with Crippen LogP contribution in [0.5, 0.6) is 0 Å². The highest BCUT2D eigenvalue weighted by molar-refractivity contribution is 5.90. The first kappa shape index (κ1) is 22.3. The van der Waals surface area contributed by atoms with Gasteiger partial charge in [-0.2, -0.15) is 0 Å². The molecule has 4 bridgehead atoms. The van der Waals surface area contributed by atoms with E-state index in [1.54, 1.807) is 0 Å². The predicted molar refractivity (Wildman–Crippen MR) is 122 cm³/mol. The van der Waals surface area contributed by atoms with Gasteiger partial charge in [-0.05, 0) is 67.8 Å². The van der Waals surface area contributed by atoms with Gasteiger partial charge >= 0.3 is 0 Å². The van der Waals surface area contributed by atoms with Gasteiger partial charge in [0.1, 0.15) is 12.6 Å². The number of carbonyl (C=O) groups excluding carboxylic acids is 2. The van der Waals surface area contributed by atoms with Gasteiger partial charge in [0, 0.05) is 17.5 Å². The highest BCUT2D eigenvalue weighted by Crippen LogP contribution is 2.60. The maximum atomic E-state index is 13.4. The molecule has 2 amide bonds. The molecule has 0 aromatic heterocycles. The normalized spacial score (nSPS) is 29.9. The average molecular weight is 427 g/mol. The summed E-state index contributed by atoms with van der Waals surface area (Å²) in [6.45, 7) is 5.51. The largest absolute Gasteiger partial charge is 0.350 e. The summed E-state index contributed by atoms with van der Waals surface area (Å²) < 4.78 is 0. The zero-order chi connectivity index (χ0) is 22.2. The molecular weight excluding hydrogens is 386 g/mol. The Balaban J connectivity index is 1.35. The molecule has 4 fully saturated rings. The molecule has 1 atom stereocenters. The first-order valence-corrected chi connectivity index (χ1v) is 12.2. The van der Waals surface area contributed by atoms with E-state index in [1.165, 1.54) is 29.7 Å². The second-order valence-electron chi connectivity index (χ2n) is 11.3. The third-order valence-corrected chi connectivity index (χ3v) is 7.80. The summed E-state index contributed by atoms with van der Waals surface area (Å²) in [7, 11) is 4.27. The Hall–Kier alpha value is -1.88. The van der Waals surface area contributed by atoms with E-state index >= 15 is 0 Å². The first-order valence-electron chi connectivity index (χ1n) is 12.2. The van der Waals surface area contributed by atoms with E-state index in [0.29, 0.717) is 6.54 Å². The molecule has 5 heteroatoms. The molecule has 4 aliphatic rings. The minimum absolute atomic E-state index is 0.0586. The Labute approximate surface area is 187 Å². The van der Waals surface area contributed by atoms with Crippen molar-refractivity contribution in [2.24, 2.45) is 29.1 Å². The summed E-state index contributed by atoms with van der Waals surface area (Å²) in [5, 5.41) is 6.25. The molecule has 0 heterocycles. The molecule has 5 rings (SSSR count). The van der Waals surface area contributed by atoms with Crippen LogP contribution in [0.15, 0.2) is 24.3 Å². The van der Waals surface area contributed by atoms with Crippen molar-refractivity contribution in [1.82, 2.24) is 10.6 Å². The second-order valence-corrected chi connectivity index (χ2v) is 11.3. The summed E-state index contributed by atoms with van der Waals surface area (Å²) >= 11 is 0. The number of hydrogen-bond acceptors (Lipinski definition) is 2. The van der Waals surface area contributed by atoms with Crippen LogP contribution in [0.2, 0.25) is 0 Å². The van der Waals surface area contributed by atoms with Gasteiger partial charge in [-0.3, -0.25) is 9.59 Å². The number of hydrogen-bond donors (Lipinski definition) is 3. The lowest BCUT2D eigenvalue weighted by Crippen LogP contribution is -3.04. The van der Waals surface area contributed by atoms with Crippen molar-refractivity contribution in [1.29, 1.82) is 0 Å². The summed E-state index contributed by atoms with van der Waals surface area (Å²) in [5.74, 6) is 2.29. The second kappa shape index (κ2) is 8.93. The zero-order valence-electron chi connectivity index (χ0n) is 19.7. The number of benzene rings is 1. The molecule has 31 heavy (non-hydrogen) atoms. The predicted octanol–water partition coefficient (Wildman–Crippen LogP) is 2.30. The summed E-state index contributed by atoms with van der Waals surface area (Å²) in [6.07, 6.45) is 7.02. The van der Waals surface area contributed by atoms with E-state index in [4.69, 9.17) is 0 Å². The van der Waals surface area contributed by atoms with Crippen LogP contribution >= 0.6 is 0 Å². The van der Waals surface area contributed by atoms with E-state index in [0.717, 1.165) is 49.1 Å². The van der Waals surface area contributed by atoms with Gasteiger partial charge in [-0.15, -0.1) is 0 Å². The first-order chi connectivity index (χ1) is 14.7. The fraction of sp³-hybridized carbons (Fsp3) is 0.692. The lowest BCUT2D eigenvalue weighted by molar-refractivity contribution is -0.872. The molecular formula is C26H40N3O2+. The third kappa shape index (κ3) is 4.97. The van der Waals surface area contributed by atoms with Crippen molar-refractivity contribution in [2.45, 2.75) is 71.5 Å². The molecule has 4 saturated carbocycles. The van der Waals surface area contributed by atoms with Crippen LogP contribution < -0.4 is 15.5 Å². The van der Waals surface area contributed by atoms with Crippen molar-refractivity contribution in [3.05, 3.63) is 35.4 Å². The Morgan fingerprint density at radius 2 is 1.48 bits per heavy atom. The van der Waals surface area contributed by atoms with Gasteiger partial charge in [0.25, 0.3) is 0 Å². The zero-order valence-corrected chi connectivity index (χ0v) is 19.7. The van der Waals surface area contributed by atoms with Gasteiger partial charge in [0.05, 0.1) is 14.1 Å². The van der Waals surface area contributed by atoms with E-state index in [2.05, 4.69) is 49.0 Å². The van der Waals surface area contributed by atoms with Crippen molar-refractivity contribution < 1.29 is 14.5 Å². The minimum atomic E-state index is -0.475. The number of rotatable bonds is 8. The molecule has 0 aliphatic heterocycles. The Bertz CT molecular complexity index is 764. The molecule has 0 radical (unpaired) electrons. The molecule has 0 saturated heterocycles. The number of carbonyl (C=O) groups is 2. The molecule has 1 aromatic carbocycles. The van der Waals surface area contributed by atoms with Crippen LogP contribution in [0.3, 0.4) is 0 Å². The van der Waals surface area contributed by atoms with Crippen molar-refractivity contribution in [3.8, 4) is 0 Å². The molecule has 0 spiro atoms. The summed E-state index contributed by atoms with van der Waals surface area (Å²) in [5.41, 5.74) is 2.16. The van der Waals surface area contributed by atoms with Crippen LogP contribution in [-0.2, 0) is 22.7 Å².